The van der Waals surface area contributed by atoms with Gasteiger partial charge in [0.1, 0.15) is 11.6 Å². The summed E-state index contributed by atoms with van der Waals surface area (Å²) in [6.45, 7) is 0. The minimum absolute atomic E-state index is 0.226. The van der Waals surface area contributed by atoms with Crippen LogP contribution in [0.1, 0.15) is 11.3 Å². The van der Waals surface area contributed by atoms with Gasteiger partial charge in [-0.15, -0.1) is 5.10 Å². The fraction of sp³-hybridized carbons (Fsp3) is 0.0909. The van der Waals surface area contributed by atoms with Gasteiger partial charge in [0.25, 0.3) is 0 Å². The van der Waals surface area contributed by atoms with Crippen LogP contribution in [0.4, 0.5) is 10.2 Å². The number of nitrogen functional groups attached to an aromatic ring is 1. The number of anilines is 1. The topological polar surface area (TPSA) is 51.8 Å². The fourth-order valence-corrected chi connectivity index (χ4v) is 1.30. The zero-order valence-electron chi connectivity index (χ0n) is 8.02. The van der Waals surface area contributed by atoms with Gasteiger partial charge in [-0.25, -0.2) is 4.39 Å². The second kappa shape index (κ2) is 4.04. The number of halogens is 1. The highest BCUT2D eigenvalue weighted by molar-refractivity contribution is 5.28. The zero-order valence-corrected chi connectivity index (χ0v) is 8.02. The van der Waals surface area contributed by atoms with E-state index in [4.69, 9.17) is 5.73 Å². The number of hydrogen-bond donors (Lipinski definition) is 1. The Bertz CT molecular complexity index is 454. The van der Waals surface area contributed by atoms with Gasteiger partial charge in [0.15, 0.2) is 0 Å². The van der Waals surface area contributed by atoms with Gasteiger partial charge in [-0.1, -0.05) is 18.2 Å². The average molecular weight is 203 g/mol. The van der Waals surface area contributed by atoms with Crippen LogP contribution in [0.3, 0.4) is 0 Å². The van der Waals surface area contributed by atoms with E-state index in [0.29, 0.717) is 23.5 Å². The van der Waals surface area contributed by atoms with Crippen molar-refractivity contribution in [1.82, 2.24) is 10.2 Å². The summed E-state index contributed by atoms with van der Waals surface area (Å²) >= 11 is 0. The first-order chi connectivity index (χ1) is 7.25. The number of hydrogen-bond acceptors (Lipinski definition) is 3. The molecule has 2 N–H and O–H groups in total. The molecule has 1 aromatic heterocycles. The molecule has 0 radical (unpaired) electrons. The Morgan fingerprint density at radius 3 is 2.53 bits per heavy atom. The lowest BCUT2D eigenvalue weighted by molar-refractivity contribution is 0.613. The van der Waals surface area contributed by atoms with Gasteiger partial charge in [-0.3, -0.25) is 0 Å². The minimum atomic E-state index is -0.226. The Hall–Kier alpha value is -1.97. The monoisotopic (exact) mass is 203 g/mol. The third-order valence-corrected chi connectivity index (χ3v) is 2.07. The molecule has 2 rings (SSSR count). The molecule has 0 aliphatic carbocycles. The van der Waals surface area contributed by atoms with E-state index in [1.807, 2.05) is 0 Å². The van der Waals surface area contributed by atoms with Gasteiger partial charge < -0.3 is 5.73 Å². The maximum absolute atomic E-state index is 13.3. The summed E-state index contributed by atoms with van der Waals surface area (Å²) in [5.74, 6) is 0.142. The van der Waals surface area contributed by atoms with Gasteiger partial charge in [0, 0.05) is 6.42 Å². The third-order valence-electron chi connectivity index (χ3n) is 2.07. The van der Waals surface area contributed by atoms with Gasteiger partial charge in [-0.05, 0) is 23.8 Å². The molecule has 4 heteroatoms. The van der Waals surface area contributed by atoms with Gasteiger partial charge >= 0.3 is 0 Å². The maximum atomic E-state index is 13.3. The Morgan fingerprint density at radius 2 is 1.87 bits per heavy atom. The zero-order chi connectivity index (χ0) is 10.7. The molecule has 1 aromatic carbocycles. The molecule has 0 aliphatic heterocycles. The molecule has 0 atom stereocenters. The van der Waals surface area contributed by atoms with Crippen LogP contribution in [-0.2, 0) is 6.42 Å². The summed E-state index contributed by atoms with van der Waals surface area (Å²) in [6.07, 6.45) is 0.431. The van der Waals surface area contributed by atoms with Crippen molar-refractivity contribution in [2.75, 3.05) is 5.73 Å². The van der Waals surface area contributed by atoms with Crippen LogP contribution in [0.25, 0.3) is 0 Å². The van der Waals surface area contributed by atoms with Crippen molar-refractivity contribution < 1.29 is 4.39 Å². The van der Waals surface area contributed by atoms with E-state index in [1.54, 1.807) is 30.3 Å². The summed E-state index contributed by atoms with van der Waals surface area (Å²) < 4.78 is 13.3. The van der Waals surface area contributed by atoms with Crippen LogP contribution in [0, 0.1) is 5.82 Å². The molecule has 0 saturated heterocycles. The molecule has 15 heavy (non-hydrogen) atoms. The highest BCUT2D eigenvalue weighted by atomic mass is 19.1. The van der Waals surface area contributed by atoms with Crippen LogP contribution in [0.5, 0.6) is 0 Å². The minimum Gasteiger partial charge on any atom is -0.382 e. The molecule has 0 spiro atoms. The normalized spacial score (nSPS) is 10.2. The fourth-order valence-electron chi connectivity index (χ4n) is 1.30. The van der Waals surface area contributed by atoms with Crippen molar-refractivity contribution in [2.24, 2.45) is 0 Å². The molecule has 3 nitrogen and oxygen atoms in total. The number of rotatable bonds is 2. The van der Waals surface area contributed by atoms with Crippen molar-refractivity contribution in [1.29, 1.82) is 0 Å². The molecule has 0 aliphatic rings. The number of nitrogens with zero attached hydrogens (tertiary/aromatic N) is 2. The molecule has 1 heterocycles. The van der Waals surface area contributed by atoms with Crippen LogP contribution < -0.4 is 5.73 Å². The first-order valence-corrected chi connectivity index (χ1v) is 4.57. The quantitative estimate of drug-likeness (QED) is 0.809. The van der Waals surface area contributed by atoms with E-state index in [-0.39, 0.29) is 5.82 Å². The largest absolute Gasteiger partial charge is 0.382 e. The molecular formula is C11H10FN3. The SMILES string of the molecule is Nc1ccc(Cc2ccccc2F)nn1. The number of aromatic nitrogens is 2. The number of nitrogens with two attached hydrogens (primary N) is 1. The van der Waals surface area contributed by atoms with Gasteiger partial charge in [0.2, 0.25) is 0 Å². The van der Waals surface area contributed by atoms with Crippen LogP contribution in [0.2, 0.25) is 0 Å². The van der Waals surface area contributed by atoms with Crippen LogP contribution >= 0.6 is 0 Å². The standard InChI is InChI=1S/C11H10FN3/c12-10-4-2-1-3-8(10)7-9-5-6-11(13)15-14-9/h1-6H,7H2,(H2,13,15). The Morgan fingerprint density at radius 1 is 1.07 bits per heavy atom. The van der Waals surface area contributed by atoms with Crippen molar-refractivity contribution in [3.63, 3.8) is 0 Å². The van der Waals surface area contributed by atoms with E-state index in [2.05, 4.69) is 10.2 Å². The Labute approximate surface area is 86.8 Å². The lowest BCUT2D eigenvalue weighted by Crippen LogP contribution is -1.99. The van der Waals surface area contributed by atoms with Gasteiger partial charge in [0.05, 0.1) is 5.69 Å². The Kier molecular flexibility index (Phi) is 2.58. The van der Waals surface area contributed by atoms with Crippen LogP contribution in [-0.4, -0.2) is 10.2 Å². The van der Waals surface area contributed by atoms with E-state index in [1.165, 1.54) is 6.07 Å². The third kappa shape index (κ3) is 2.28. The Balaban J connectivity index is 2.22. The summed E-state index contributed by atoms with van der Waals surface area (Å²) in [7, 11) is 0. The smallest absolute Gasteiger partial charge is 0.146 e. The first-order valence-electron chi connectivity index (χ1n) is 4.57. The van der Waals surface area contributed by atoms with E-state index in [0.717, 1.165) is 0 Å². The first kappa shape index (κ1) is 9.58. The lowest BCUT2D eigenvalue weighted by Gasteiger charge is -2.01. The van der Waals surface area contributed by atoms with Crippen molar-refractivity contribution in [2.45, 2.75) is 6.42 Å². The summed E-state index contributed by atoms with van der Waals surface area (Å²) in [4.78, 5) is 0. The molecule has 0 saturated carbocycles. The predicted octanol–water partition coefficient (Wildman–Crippen LogP) is 1.79. The molecule has 0 bridgehead atoms. The maximum Gasteiger partial charge on any atom is 0.146 e. The van der Waals surface area contributed by atoms with Crippen molar-refractivity contribution in [3.05, 3.63) is 53.5 Å². The molecule has 0 amide bonds. The highest BCUT2D eigenvalue weighted by Gasteiger charge is 2.03. The number of benzene rings is 1. The molecule has 0 fully saturated rings. The molecular weight excluding hydrogens is 193 g/mol. The summed E-state index contributed by atoms with van der Waals surface area (Å²) in [5, 5.41) is 7.58. The van der Waals surface area contributed by atoms with E-state index >= 15 is 0 Å². The van der Waals surface area contributed by atoms with Crippen molar-refractivity contribution in [3.8, 4) is 0 Å². The van der Waals surface area contributed by atoms with E-state index < -0.39 is 0 Å². The predicted molar refractivity (Wildman–Crippen MR) is 55.7 cm³/mol. The van der Waals surface area contributed by atoms with Crippen LogP contribution in [0.15, 0.2) is 36.4 Å². The summed E-state index contributed by atoms with van der Waals surface area (Å²) in [6, 6.07) is 10.0. The highest BCUT2D eigenvalue weighted by Crippen LogP contribution is 2.11. The lowest BCUT2D eigenvalue weighted by atomic mass is 10.1. The second-order valence-electron chi connectivity index (χ2n) is 3.22. The van der Waals surface area contributed by atoms with Gasteiger partial charge in [-0.2, -0.15) is 5.10 Å². The van der Waals surface area contributed by atoms with Crippen molar-refractivity contribution >= 4 is 5.82 Å². The summed E-state index contributed by atoms with van der Waals surface area (Å²) in [5.41, 5.74) is 6.71. The molecule has 76 valence electrons. The molecule has 0 unspecified atom stereocenters. The average Bonchev–Trinajstić information content (AvgIpc) is 2.25. The second-order valence-corrected chi connectivity index (χ2v) is 3.22. The van der Waals surface area contributed by atoms with E-state index in [9.17, 15) is 4.39 Å². The molecule has 2 aromatic rings.